The molecule has 0 saturated heterocycles. The van der Waals surface area contributed by atoms with Crippen molar-refractivity contribution >= 4 is 5.97 Å². The van der Waals surface area contributed by atoms with Crippen molar-refractivity contribution in [2.45, 2.75) is 26.6 Å². The van der Waals surface area contributed by atoms with E-state index in [1.165, 1.54) is 0 Å². The average molecular weight is 262 g/mol. The van der Waals surface area contributed by atoms with Crippen molar-refractivity contribution in [3.63, 3.8) is 0 Å². The van der Waals surface area contributed by atoms with Crippen molar-refractivity contribution < 1.29 is 14.3 Å². The Morgan fingerprint density at radius 3 is 3.11 bits per heavy atom. The van der Waals surface area contributed by atoms with E-state index in [0.29, 0.717) is 24.6 Å². The number of rotatable bonds is 3. The zero-order valence-corrected chi connectivity index (χ0v) is 10.5. The molecule has 1 aliphatic heterocycles. The van der Waals surface area contributed by atoms with Crippen molar-refractivity contribution in [2.75, 3.05) is 6.54 Å². The lowest BCUT2D eigenvalue weighted by atomic mass is 10.2. The maximum Gasteiger partial charge on any atom is 0.339 e. The zero-order valence-electron chi connectivity index (χ0n) is 10.5. The number of carboxylic acids is 1. The number of furan rings is 1. The third-order valence-electron chi connectivity index (χ3n) is 3.30. The van der Waals surface area contributed by atoms with E-state index in [1.54, 1.807) is 19.3 Å². The highest BCUT2D eigenvalue weighted by Gasteiger charge is 2.20. The van der Waals surface area contributed by atoms with Crippen LogP contribution in [0.3, 0.4) is 0 Å². The summed E-state index contributed by atoms with van der Waals surface area (Å²) in [6, 6.07) is 1.59. The molecule has 0 atom stereocenters. The quantitative estimate of drug-likeness (QED) is 0.884. The van der Waals surface area contributed by atoms with Crippen molar-refractivity contribution in [3.8, 4) is 0 Å². The number of aromatic carboxylic acids is 1. The highest BCUT2D eigenvalue weighted by Crippen LogP contribution is 2.18. The molecule has 0 amide bonds. The lowest BCUT2D eigenvalue weighted by Gasteiger charge is -2.25. The van der Waals surface area contributed by atoms with Crippen LogP contribution in [0.15, 0.2) is 16.8 Å². The smallest absolute Gasteiger partial charge is 0.339 e. The number of aromatic nitrogens is 3. The first-order chi connectivity index (χ1) is 9.13. The van der Waals surface area contributed by atoms with Crippen LogP contribution in [0.1, 0.15) is 27.7 Å². The van der Waals surface area contributed by atoms with E-state index in [-0.39, 0.29) is 5.56 Å². The second kappa shape index (κ2) is 4.51. The molecule has 19 heavy (non-hydrogen) atoms. The number of hydrogen-bond donors (Lipinski definition) is 1. The van der Waals surface area contributed by atoms with Gasteiger partial charge in [-0.05, 0) is 13.0 Å². The summed E-state index contributed by atoms with van der Waals surface area (Å²) in [6.07, 6.45) is 1.73. The maximum atomic E-state index is 11.0. The second-order valence-electron chi connectivity index (χ2n) is 4.64. The topological polar surface area (TPSA) is 84.4 Å². The molecule has 1 N–H and O–H groups in total. The van der Waals surface area contributed by atoms with E-state index in [1.807, 2.05) is 4.57 Å². The molecule has 1 aliphatic rings. The van der Waals surface area contributed by atoms with Gasteiger partial charge < -0.3 is 14.1 Å². The molecule has 0 aliphatic carbocycles. The minimum Gasteiger partial charge on any atom is -0.478 e. The number of aryl methyl sites for hydroxylation is 1. The molecule has 100 valence electrons. The summed E-state index contributed by atoms with van der Waals surface area (Å²) >= 11 is 0. The van der Waals surface area contributed by atoms with Crippen LogP contribution < -0.4 is 0 Å². The van der Waals surface area contributed by atoms with Gasteiger partial charge in [0, 0.05) is 13.1 Å². The Hall–Kier alpha value is -2.15. The molecule has 2 aromatic heterocycles. The fourth-order valence-corrected chi connectivity index (χ4v) is 2.31. The second-order valence-corrected chi connectivity index (χ2v) is 4.64. The van der Waals surface area contributed by atoms with Gasteiger partial charge in [0.25, 0.3) is 0 Å². The third-order valence-corrected chi connectivity index (χ3v) is 3.30. The van der Waals surface area contributed by atoms with E-state index in [4.69, 9.17) is 9.52 Å². The average Bonchev–Trinajstić information content (AvgIpc) is 2.95. The van der Waals surface area contributed by atoms with Gasteiger partial charge in [0.15, 0.2) is 0 Å². The summed E-state index contributed by atoms with van der Waals surface area (Å²) in [4.78, 5) is 13.1. The van der Waals surface area contributed by atoms with E-state index < -0.39 is 5.97 Å². The van der Waals surface area contributed by atoms with Gasteiger partial charge in [0.1, 0.15) is 29.2 Å². The van der Waals surface area contributed by atoms with Gasteiger partial charge in [-0.3, -0.25) is 4.90 Å². The van der Waals surface area contributed by atoms with Gasteiger partial charge in [-0.1, -0.05) is 0 Å². The largest absolute Gasteiger partial charge is 0.478 e. The molecule has 7 nitrogen and oxygen atoms in total. The first kappa shape index (κ1) is 11.9. The predicted octanol–water partition coefficient (Wildman–Crippen LogP) is 0.894. The van der Waals surface area contributed by atoms with Crippen LogP contribution in [0, 0.1) is 6.92 Å². The van der Waals surface area contributed by atoms with Gasteiger partial charge in [-0.25, -0.2) is 4.79 Å². The lowest BCUT2D eigenvalue weighted by molar-refractivity contribution is 0.0695. The highest BCUT2D eigenvalue weighted by atomic mass is 16.4. The van der Waals surface area contributed by atoms with Crippen LogP contribution >= 0.6 is 0 Å². The maximum absolute atomic E-state index is 11.0. The molecule has 2 aromatic rings. The molecule has 0 unspecified atom stereocenters. The fourth-order valence-electron chi connectivity index (χ4n) is 2.31. The summed E-state index contributed by atoms with van der Waals surface area (Å²) in [5.74, 6) is 1.09. The molecule has 0 spiro atoms. The number of hydrogen-bond acceptors (Lipinski definition) is 5. The van der Waals surface area contributed by atoms with E-state index in [9.17, 15) is 4.79 Å². The first-order valence-electron chi connectivity index (χ1n) is 6.05. The molecule has 0 fully saturated rings. The molecular weight excluding hydrogens is 248 g/mol. The van der Waals surface area contributed by atoms with Crippen molar-refractivity contribution in [3.05, 3.63) is 35.3 Å². The van der Waals surface area contributed by atoms with Gasteiger partial charge in [0.05, 0.1) is 13.1 Å². The monoisotopic (exact) mass is 262 g/mol. The van der Waals surface area contributed by atoms with Crippen molar-refractivity contribution in [1.82, 2.24) is 19.7 Å². The molecule has 0 saturated carbocycles. The Morgan fingerprint density at radius 1 is 1.53 bits per heavy atom. The number of nitrogens with zero attached hydrogens (tertiary/aromatic N) is 4. The van der Waals surface area contributed by atoms with Crippen LogP contribution in [0.25, 0.3) is 0 Å². The summed E-state index contributed by atoms with van der Waals surface area (Å²) < 4.78 is 7.50. The molecular formula is C12H14N4O3. The Kier molecular flexibility index (Phi) is 2.83. The number of carbonyl (C=O) groups is 1. The molecule has 3 heterocycles. The zero-order chi connectivity index (χ0) is 13.4. The van der Waals surface area contributed by atoms with Crippen LogP contribution in [-0.4, -0.2) is 37.3 Å². The van der Waals surface area contributed by atoms with E-state index in [0.717, 1.165) is 18.9 Å². The summed E-state index contributed by atoms with van der Waals surface area (Å²) in [6.45, 7) is 4.66. The molecule has 0 radical (unpaired) electrons. The van der Waals surface area contributed by atoms with Gasteiger partial charge in [-0.15, -0.1) is 10.2 Å². The highest BCUT2D eigenvalue weighted by molar-refractivity contribution is 5.88. The summed E-state index contributed by atoms with van der Waals surface area (Å²) in [5, 5.41) is 16.9. The van der Waals surface area contributed by atoms with E-state index in [2.05, 4.69) is 15.1 Å². The Morgan fingerprint density at radius 2 is 2.37 bits per heavy atom. The van der Waals surface area contributed by atoms with Crippen LogP contribution in [-0.2, 0) is 19.6 Å². The normalized spacial score (nSPS) is 15.4. The number of fused-ring (bicyclic) bond motifs is 1. The molecule has 0 bridgehead atoms. The molecule has 3 rings (SSSR count). The predicted molar refractivity (Wildman–Crippen MR) is 64.5 cm³/mol. The Labute approximate surface area is 109 Å². The van der Waals surface area contributed by atoms with Crippen LogP contribution in [0.2, 0.25) is 0 Å². The first-order valence-corrected chi connectivity index (χ1v) is 6.05. The summed E-state index contributed by atoms with van der Waals surface area (Å²) in [5.41, 5.74) is 0.232. The fraction of sp³-hybridized carbons (Fsp3) is 0.417. The Balaban J connectivity index is 1.73. The molecule has 0 aromatic carbocycles. The Bertz CT molecular complexity index is 616. The van der Waals surface area contributed by atoms with Crippen LogP contribution in [0.4, 0.5) is 0 Å². The molecule has 7 heteroatoms. The minimum absolute atomic E-state index is 0.232. The standard InChI is InChI=1S/C12H14N4O3/c1-8-10(12(17)18)4-9(19-8)5-15-2-3-16-7-13-14-11(16)6-15/h4,7H,2-3,5-6H2,1H3,(H,17,18). The van der Waals surface area contributed by atoms with Crippen LogP contribution in [0.5, 0.6) is 0 Å². The third kappa shape index (κ3) is 2.24. The lowest BCUT2D eigenvalue weighted by Crippen LogP contribution is -2.33. The SMILES string of the molecule is Cc1oc(CN2CCn3cnnc3C2)cc1C(=O)O. The van der Waals surface area contributed by atoms with Crippen molar-refractivity contribution in [2.24, 2.45) is 0 Å². The minimum atomic E-state index is -0.953. The van der Waals surface area contributed by atoms with Gasteiger partial charge >= 0.3 is 5.97 Å². The van der Waals surface area contributed by atoms with Gasteiger partial charge in [-0.2, -0.15) is 0 Å². The number of carboxylic acid groups (broad SMARTS) is 1. The summed E-state index contributed by atoms with van der Waals surface area (Å²) in [7, 11) is 0. The van der Waals surface area contributed by atoms with Crippen molar-refractivity contribution in [1.29, 1.82) is 0 Å². The van der Waals surface area contributed by atoms with Gasteiger partial charge in [0.2, 0.25) is 0 Å². The van der Waals surface area contributed by atoms with E-state index >= 15 is 0 Å².